The molecular weight excluding hydrogens is 274 g/mol. The van der Waals surface area contributed by atoms with Crippen LogP contribution in [0.4, 0.5) is 5.69 Å². The van der Waals surface area contributed by atoms with E-state index in [0.29, 0.717) is 18.7 Å². The van der Waals surface area contributed by atoms with Gasteiger partial charge in [0.2, 0.25) is 5.91 Å². The zero-order chi connectivity index (χ0) is 14.5. The number of benzene rings is 1. The smallest absolute Gasteiger partial charge is 0.304 e. The van der Waals surface area contributed by atoms with Crippen molar-refractivity contribution >= 4 is 29.3 Å². The average molecular weight is 291 g/mol. The van der Waals surface area contributed by atoms with Crippen LogP contribution in [0.3, 0.4) is 0 Å². The van der Waals surface area contributed by atoms with Gasteiger partial charge in [0.25, 0.3) is 0 Å². The van der Waals surface area contributed by atoms with Gasteiger partial charge in [-0.05, 0) is 30.2 Å². The molecule has 1 aliphatic rings. The van der Waals surface area contributed by atoms with Crippen molar-refractivity contribution in [3.8, 4) is 0 Å². The van der Waals surface area contributed by atoms with Crippen LogP contribution in [0.2, 0.25) is 0 Å². The molecule has 1 aromatic rings. The predicted octanol–water partition coefficient (Wildman–Crippen LogP) is 2.72. The molecule has 1 aromatic carbocycles. The van der Waals surface area contributed by atoms with Crippen LogP contribution in [0, 0.1) is 0 Å². The molecule has 0 atom stereocenters. The van der Waals surface area contributed by atoms with Crippen LogP contribution >= 0.6 is 11.8 Å². The third-order valence-electron chi connectivity index (χ3n) is 3.15. The summed E-state index contributed by atoms with van der Waals surface area (Å²) >= 11 is 1.53. The van der Waals surface area contributed by atoms with Crippen molar-refractivity contribution < 1.29 is 14.7 Å². The van der Waals surface area contributed by atoms with Crippen LogP contribution in [-0.4, -0.2) is 29.3 Å². The van der Waals surface area contributed by atoms with Gasteiger partial charge >= 0.3 is 5.97 Å². The minimum absolute atomic E-state index is 0.128. The number of hydrogen-bond donors (Lipinski definition) is 1. The summed E-state index contributed by atoms with van der Waals surface area (Å²) in [4.78, 5) is 25.2. The van der Waals surface area contributed by atoms with Crippen molar-refractivity contribution in [3.63, 3.8) is 0 Å². The normalized spacial score (nSPS) is 14.0. The number of amides is 1. The average Bonchev–Trinajstić information content (AvgIpc) is 2.42. The lowest BCUT2D eigenvalue weighted by Gasteiger charge is -2.28. The van der Waals surface area contributed by atoms with Gasteiger partial charge in [0.15, 0.2) is 0 Å². The van der Waals surface area contributed by atoms with E-state index in [-0.39, 0.29) is 12.3 Å². The summed E-state index contributed by atoms with van der Waals surface area (Å²) < 4.78 is 0. The van der Waals surface area contributed by atoms with Crippen LogP contribution in [0.5, 0.6) is 0 Å². The van der Waals surface area contributed by atoms with Crippen LogP contribution in [0.1, 0.15) is 18.4 Å². The first-order valence-corrected chi connectivity index (χ1v) is 7.49. The molecule has 0 aliphatic carbocycles. The number of anilines is 1. The lowest BCUT2D eigenvalue weighted by Crippen LogP contribution is -2.35. The van der Waals surface area contributed by atoms with Gasteiger partial charge in [0.1, 0.15) is 0 Å². The topological polar surface area (TPSA) is 57.6 Å². The summed E-state index contributed by atoms with van der Waals surface area (Å²) in [5.41, 5.74) is 2.09. The Bertz CT molecular complexity index is 542. The molecule has 0 aromatic heterocycles. The number of hydrogen-bond acceptors (Lipinski definition) is 3. The number of rotatable bonds is 6. The lowest BCUT2D eigenvalue weighted by atomic mass is 10.0. The van der Waals surface area contributed by atoms with E-state index < -0.39 is 5.97 Å². The van der Waals surface area contributed by atoms with E-state index in [4.69, 9.17) is 5.11 Å². The second kappa shape index (κ2) is 6.61. The Morgan fingerprint density at radius 2 is 2.25 bits per heavy atom. The second-order valence-electron chi connectivity index (χ2n) is 4.58. The molecule has 106 valence electrons. The molecule has 0 saturated carbocycles. The number of nitrogens with zero attached hydrogens (tertiary/aromatic N) is 1. The van der Waals surface area contributed by atoms with Crippen molar-refractivity contribution in [2.75, 3.05) is 17.2 Å². The monoisotopic (exact) mass is 291 g/mol. The molecule has 1 amide bonds. The standard InChI is InChI=1S/C15H17NO3S/c1-2-8-16-13-5-4-12(20-9-7-15(18)19)10-11(13)3-6-14(16)17/h2,4-5,10H,1,3,6-9H2,(H,18,19). The SMILES string of the molecule is C=CCN1C(=O)CCc2cc(SCCC(=O)O)ccc21. The molecule has 20 heavy (non-hydrogen) atoms. The molecule has 0 bridgehead atoms. The summed E-state index contributed by atoms with van der Waals surface area (Å²) in [6.45, 7) is 4.21. The molecule has 1 N–H and O–H groups in total. The molecule has 0 unspecified atom stereocenters. The molecule has 0 fully saturated rings. The number of aryl methyl sites for hydroxylation is 1. The molecule has 0 saturated heterocycles. The number of carbonyl (C=O) groups excluding carboxylic acids is 1. The first-order chi connectivity index (χ1) is 9.61. The van der Waals surface area contributed by atoms with Gasteiger partial charge < -0.3 is 10.0 Å². The maximum Gasteiger partial charge on any atom is 0.304 e. The summed E-state index contributed by atoms with van der Waals surface area (Å²) in [5.74, 6) is -0.0921. The first kappa shape index (κ1) is 14.7. The molecule has 2 rings (SSSR count). The van der Waals surface area contributed by atoms with Gasteiger partial charge in [0.05, 0.1) is 6.42 Å². The number of fused-ring (bicyclic) bond motifs is 1. The van der Waals surface area contributed by atoms with E-state index in [1.807, 2.05) is 12.1 Å². The fourth-order valence-electron chi connectivity index (χ4n) is 2.21. The Hall–Kier alpha value is -1.75. The Labute approximate surface area is 122 Å². The first-order valence-electron chi connectivity index (χ1n) is 6.50. The Morgan fingerprint density at radius 3 is 2.95 bits per heavy atom. The van der Waals surface area contributed by atoms with Crippen LogP contribution < -0.4 is 4.90 Å². The van der Waals surface area contributed by atoms with E-state index in [9.17, 15) is 9.59 Å². The number of thioether (sulfide) groups is 1. The van der Waals surface area contributed by atoms with Crippen LogP contribution in [-0.2, 0) is 16.0 Å². The van der Waals surface area contributed by atoms with Gasteiger partial charge in [-0.1, -0.05) is 6.08 Å². The molecule has 0 radical (unpaired) electrons. The molecule has 1 heterocycles. The van der Waals surface area contributed by atoms with Gasteiger partial charge in [-0.3, -0.25) is 9.59 Å². The van der Waals surface area contributed by atoms with Crippen LogP contribution in [0.25, 0.3) is 0 Å². The molecular formula is C15H17NO3S. The highest BCUT2D eigenvalue weighted by molar-refractivity contribution is 7.99. The Balaban J connectivity index is 2.13. The van der Waals surface area contributed by atoms with Crippen molar-refractivity contribution in [2.45, 2.75) is 24.2 Å². The van der Waals surface area contributed by atoms with Crippen molar-refractivity contribution in [1.82, 2.24) is 0 Å². The summed E-state index contributed by atoms with van der Waals surface area (Å²) in [6.07, 6.45) is 3.14. The quantitative estimate of drug-likeness (QED) is 0.647. The van der Waals surface area contributed by atoms with Gasteiger partial charge in [-0.25, -0.2) is 0 Å². The van der Waals surface area contributed by atoms with Crippen molar-refractivity contribution in [3.05, 3.63) is 36.4 Å². The summed E-state index contributed by atoms with van der Waals surface area (Å²) in [7, 11) is 0. The van der Waals surface area contributed by atoms with Gasteiger partial charge in [0, 0.05) is 29.3 Å². The number of carbonyl (C=O) groups is 2. The highest BCUT2D eigenvalue weighted by Crippen LogP contribution is 2.31. The summed E-state index contributed by atoms with van der Waals surface area (Å²) in [5, 5.41) is 8.64. The fraction of sp³-hybridized carbons (Fsp3) is 0.333. The second-order valence-corrected chi connectivity index (χ2v) is 5.74. The molecule has 4 nitrogen and oxygen atoms in total. The number of carboxylic acid groups (broad SMARTS) is 1. The number of aliphatic carboxylic acids is 1. The van der Waals surface area contributed by atoms with E-state index >= 15 is 0 Å². The van der Waals surface area contributed by atoms with E-state index in [1.165, 1.54) is 11.8 Å². The molecule has 5 heteroatoms. The van der Waals surface area contributed by atoms with E-state index in [2.05, 4.69) is 12.6 Å². The third-order valence-corrected chi connectivity index (χ3v) is 4.14. The minimum Gasteiger partial charge on any atom is -0.481 e. The predicted molar refractivity (Wildman–Crippen MR) is 80.3 cm³/mol. The lowest BCUT2D eigenvalue weighted by molar-refractivity contribution is -0.136. The van der Waals surface area contributed by atoms with E-state index in [1.54, 1.807) is 11.0 Å². The highest BCUT2D eigenvalue weighted by atomic mass is 32.2. The van der Waals surface area contributed by atoms with Gasteiger partial charge in [-0.15, -0.1) is 18.3 Å². The number of carboxylic acids is 1. The molecule has 0 spiro atoms. The highest BCUT2D eigenvalue weighted by Gasteiger charge is 2.23. The zero-order valence-electron chi connectivity index (χ0n) is 11.2. The maximum atomic E-state index is 11.9. The third kappa shape index (κ3) is 3.42. The summed E-state index contributed by atoms with van der Waals surface area (Å²) in [6, 6.07) is 5.95. The minimum atomic E-state index is -0.779. The largest absolute Gasteiger partial charge is 0.481 e. The Kier molecular flexibility index (Phi) is 4.84. The molecule has 1 aliphatic heterocycles. The Morgan fingerprint density at radius 1 is 1.45 bits per heavy atom. The van der Waals surface area contributed by atoms with E-state index in [0.717, 1.165) is 22.6 Å². The zero-order valence-corrected chi connectivity index (χ0v) is 12.0. The maximum absolute atomic E-state index is 11.9. The van der Waals surface area contributed by atoms with Crippen molar-refractivity contribution in [2.24, 2.45) is 0 Å². The van der Waals surface area contributed by atoms with Crippen molar-refractivity contribution in [1.29, 1.82) is 0 Å². The van der Waals surface area contributed by atoms with Gasteiger partial charge in [-0.2, -0.15) is 0 Å². The van der Waals surface area contributed by atoms with Crippen LogP contribution in [0.15, 0.2) is 35.7 Å². The fourth-order valence-corrected chi connectivity index (χ4v) is 3.11.